The van der Waals surface area contributed by atoms with Crippen LogP contribution < -0.4 is 5.32 Å². The molecule has 0 spiro atoms. The summed E-state index contributed by atoms with van der Waals surface area (Å²) in [6.07, 6.45) is 5.63. The number of likely N-dealkylation sites (N-methyl/N-ethyl adjacent to an activating group) is 1. The van der Waals surface area contributed by atoms with Gasteiger partial charge in [-0.05, 0) is 41.3 Å². The fourth-order valence-corrected chi connectivity index (χ4v) is 3.38. The van der Waals surface area contributed by atoms with E-state index >= 15 is 0 Å². The SMILES string of the molecule is CN(C)C(=O)CN=C(NCC1CCCCO1)N(C)Cc1cc(Br)cn1C.I. The molecule has 0 bridgehead atoms. The molecule has 1 atom stereocenters. The van der Waals surface area contributed by atoms with Crippen molar-refractivity contribution in [3.05, 3.63) is 22.4 Å². The summed E-state index contributed by atoms with van der Waals surface area (Å²) < 4.78 is 8.92. The van der Waals surface area contributed by atoms with Crippen LogP contribution in [0.5, 0.6) is 0 Å². The number of carbonyl (C=O) groups is 1. The normalized spacial score (nSPS) is 17.2. The smallest absolute Gasteiger partial charge is 0.243 e. The second-order valence-electron chi connectivity index (χ2n) is 6.91. The number of nitrogens with one attached hydrogen (secondary N) is 1. The van der Waals surface area contributed by atoms with E-state index in [-0.39, 0.29) is 42.5 Å². The minimum atomic E-state index is -0.0202. The molecule has 1 amide bonds. The van der Waals surface area contributed by atoms with Crippen LogP contribution in [0.2, 0.25) is 0 Å². The predicted molar refractivity (Wildman–Crippen MR) is 123 cm³/mol. The summed E-state index contributed by atoms with van der Waals surface area (Å²) >= 11 is 3.51. The highest BCUT2D eigenvalue weighted by Gasteiger charge is 2.17. The maximum Gasteiger partial charge on any atom is 0.243 e. The molecule has 1 aliphatic heterocycles. The monoisotopic (exact) mass is 555 g/mol. The standard InChI is InChI=1S/C18H30BrN5O2.HI/c1-22(2)17(25)11-21-18(20-10-16-7-5-6-8-26-16)24(4)13-15-9-14(19)12-23(15)3;/h9,12,16H,5-8,10-11,13H2,1-4H3,(H,20,21);1H. The largest absolute Gasteiger partial charge is 0.376 e. The average Bonchev–Trinajstić information content (AvgIpc) is 2.92. The molecule has 0 radical (unpaired) electrons. The highest BCUT2D eigenvalue weighted by Crippen LogP contribution is 2.15. The van der Waals surface area contributed by atoms with Crippen LogP contribution in [0, 0.1) is 0 Å². The minimum Gasteiger partial charge on any atom is -0.376 e. The second-order valence-corrected chi connectivity index (χ2v) is 7.83. The van der Waals surface area contributed by atoms with Gasteiger partial charge >= 0.3 is 0 Å². The second kappa shape index (κ2) is 11.9. The van der Waals surface area contributed by atoms with Crippen molar-refractivity contribution in [1.29, 1.82) is 0 Å². The molecule has 7 nitrogen and oxygen atoms in total. The molecule has 1 unspecified atom stereocenters. The summed E-state index contributed by atoms with van der Waals surface area (Å²) in [4.78, 5) is 20.0. The van der Waals surface area contributed by atoms with E-state index in [4.69, 9.17) is 4.74 Å². The maximum absolute atomic E-state index is 11.9. The molecule has 154 valence electrons. The number of rotatable bonds is 6. The van der Waals surface area contributed by atoms with Gasteiger partial charge in [0.15, 0.2) is 5.96 Å². The van der Waals surface area contributed by atoms with Gasteiger partial charge in [0, 0.05) is 57.7 Å². The predicted octanol–water partition coefficient (Wildman–Crippen LogP) is 2.44. The van der Waals surface area contributed by atoms with E-state index in [9.17, 15) is 4.79 Å². The fourth-order valence-electron chi connectivity index (χ4n) is 2.81. The molecule has 9 heteroatoms. The van der Waals surface area contributed by atoms with Gasteiger partial charge in [-0.15, -0.1) is 24.0 Å². The third-order valence-corrected chi connectivity index (χ3v) is 4.89. The molecule has 0 aromatic carbocycles. The van der Waals surface area contributed by atoms with Crippen molar-refractivity contribution < 1.29 is 9.53 Å². The lowest BCUT2D eigenvalue weighted by atomic mass is 10.1. The first-order valence-corrected chi connectivity index (χ1v) is 9.78. The molecule has 1 aromatic heterocycles. The van der Waals surface area contributed by atoms with Crippen LogP contribution in [0.3, 0.4) is 0 Å². The van der Waals surface area contributed by atoms with Crippen molar-refractivity contribution in [2.45, 2.75) is 31.9 Å². The number of ether oxygens (including phenoxy) is 1. The highest BCUT2D eigenvalue weighted by atomic mass is 127. The lowest BCUT2D eigenvalue weighted by molar-refractivity contribution is -0.127. The van der Waals surface area contributed by atoms with Crippen LogP contribution >= 0.6 is 39.9 Å². The molecule has 0 saturated carbocycles. The lowest BCUT2D eigenvalue weighted by Gasteiger charge is -2.27. The molecule has 2 heterocycles. The molecule has 2 rings (SSSR count). The molecule has 1 N–H and O–H groups in total. The number of nitrogens with zero attached hydrogens (tertiary/aromatic N) is 4. The van der Waals surface area contributed by atoms with Crippen LogP contribution in [0.25, 0.3) is 0 Å². The number of aromatic nitrogens is 1. The summed E-state index contributed by atoms with van der Waals surface area (Å²) in [5.74, 6) is 0.694. The Kier molecular flexibility index (Phi) is 10.7. The van der Waals surface area contributed by atoms with Crippen molar-refractivity contribution in [3.8, 4) is 0 Å². The summed E-state index contributed by atoms with van der Waals surface area (Å²) in [6, 6.07) is 2.09. The number of aryl methyl sites for hydroxylation is 1. The zero-order valence-corrected chi connectivity index (χ0v) is 20.5. The maximum atomic E-state index is 11.9. The third-order valence-electron chi connectivity index (χ3n) is 4.46. The number of hydrogen-bond donors (Lipinski definition) is 1. The Bertz CT molecular complexity index is 629. The van der Waals surface area contributed by atoms with Crippen LogP contribution in [0.4, 0.5) is 0 Å². The van der Waals surface area contributed by atoms with Crippen molar-refractivity contribution in [3.63, 3.8) is 0 Å². The summed E-state index contributed by atoms with van der Waals surface area (Å²) in [5.41, 5.74) is 1.15. The number of amides is 1. The van der Waals surface area contributed by atoms with E-state index in [1.807, 2.05) is 25.2 Å². The van der Waals surface area contributed by atoms with Crippen LogP contribution in [-0.2, 0) is 23.1 Å². The first-order valence-electron chi connectivity index (χ1n) is 8.98. The molecule has 0 aliphatic carbocycles. The van der Waals surface area contributed by atoms with E-state index in [0.717, 1.165) is 29.6 Å². The Labute approximate surface area is 187 Å². The number of aliphatic imine (C=N–C) groups is 1. The van der Waals surface area contributed by atoms with Crippen LogP contribution in [-0.4, -0.2) is 73.2 Å². The first kappa shape index (κ1) is 24.2. The van der Waals surface area contributed by atoms with Crippen molar-refractivity contribution in [2.24, 2.45) is 12.0 Å². The van der Waals surface area contributed by atoms with Gasteiger partial charge in [-0.3, -0.25) is 4.79 Å². The minimum absolute atomic E-state index is 0. The zero-order chi connectivity index (χ0) is 19.1. The Morgan fingerprint density at radius 2 is 2.15 bits per heavy atom. The van der Waals surface area contributed by atoms with E-state index < -0.39 is 0 Å². The molecular weight excluding hydrogens is 525 g/mol. The number of halogens is 2. The van der Waals surface area contributed by atoms with Gasteiger partial charge in [-0.2, -0.15) is 0 Å². The molecule has 1 aromatic rings. The van der Waals surface area contributed by atoms with Crippen molar-refractivity contribution in [2.75, 3.05) is 40.8 Å². The number of guanidine groups is 1. The molecule has 27 heavy (non-hydrogen) atoms. The Morgan fingerprint density at radius 3 is 2.70 bits per heavy atom. The zero-order valence-electron chi connectivity index (χ0n) is 16.6. The first-order chi connectivity index (χ1) is 12.4. The molecule has 1 saturated heterocycles. The van der Waals surface area contributed by atoms with E-state index in [1.165, 1.54) is 6.42 Å². The number of carbonyl (C=O) groups excluding carboxylic acids is 1. The van der Waals surface area contributed by atoms with Gasteiger partial charge in [0.2, 0.25) is 5.91 Å². The molecule has 1 aliphatic rings. The van der Waals surface area contributed by atoms with Gasteiger partial charge < -0.3 is 24.4 Å². The quantitative estimate of drug-likeness (QED) is 0.333. The van der Waals surface area contributed by atoms with E-state index in [2.05, 4.69) is 36.9 Å². The topological polar surface area (TPSA) is 62.1 Å². The van der Waals surface area contributed by atoms with E-state index in [1.54, 1.807) is 19.0 Å². The van der Waals surface area contributed by atoms with Gasteiger partial charge in [-0.1, -0.05) is 0 Å². The van der Waals surface area contributed by atoms with Gasteiger partial charge in [0.1, 0.15) is 6.54 Å². The summed E-state index contributed by atoms with van der Waals surface area (Å²) in [6.45, 7) is 2.35. The van der Waals surface area contributed by atoms with E-state index in [0.29, 0.717) is 19.0 Å². The van der Waals surface area contributed by atoms with Crippen LogP contribution in [0.1, 0.15) is 25.0 Å². The fraction of sp³-hybridized carbons (Fsp3) is 0.667. The highest BCUT2D eigenvalue weighted by molar-refractivity contribution is 14.0. The average molecular weight is 556 g/mol. The molecule has 1 fully saturated rings. The van der Waals surface area contributed by atoms with Crippen LogP contribution in [0.15, 0.2) is 21.7 Å². The Hall–Kier alpha value is -0.810. The summed E-state index contributed by atoms with van der Waals surface area (Å²) in [5, 5.41) is 3.39. The molecular formula is C18H31BrIN5O2. The van der Waals surface area contributed by atoms with Crippen molar-refractivity contribution in [1.82, 2.24) is 19.7 Å². The van der Waals surface area contributed by atoms with Crippen molar-refractivity contribution >= 4 is 51.8 Å². The summed E-state index contributed by atoms with van der Waals surface area (Å²) in [7, 11) is 7.48. The third kappa shape index (κ3) is 7.98. The van der Waals surface area contributed by atoms with Gasteiger partial charge in [0.05, 0.1) is 12.6 Å². The Balaban J connectivity index is 0.00000364. The van der Waals surface area contributed by atoms with Gasteiger partial charge in [0.25, 0.3) is 0 Å². The number of hydrogen-bond acceptors (Lipinski definition) is 3. The lowest BCUT2D eigenvalue weighted by Crippen LogP contribution is -2.44. The Morgan fingerprint density at radius 1 is 1.41 bits per heavy atom. The van der Waals surface area contributed by atoms with Gasteiger partial charge in [-0.25, -0.2) is 4.99 Å².